The average molecular weight is 284 g/mol. The number of hydrogen-bond acceptors (Lipinski definition) is 2. The van der Waals surface area contributed by atoms with Crippen LogP contribution < -0.4 is 5.73 Å². The second-order valence-corrected chi connectivity index (χ2v) is 6.57. The van der Waals surface area contributed by atoms with Crippen LogP contribution in [0.1, 0.15) is 50.3 Å². The van der Waals surface area contributed by atoms with Gasteiger partial charge in [-0.25, -0.2) is 0 Å². The van der Waals surface area contributed by atoms with Gasteiger partial charge >= 0.3 is 0 Å². The van der Waals surface area contributed by atoms with Crippen LogP contribution in [-0.4, -0.2) is 16.3 Å². The molecule has 19 heavy (non-hydrogen) atoms. The van der Waals surface area contributed by atoms with E-state index in [1.165, 1.54) is 37.7 Å². The van der Waals surface area contributed by atoms with Crippen molar-refractivity contribution < 1.29 is 0 Å². The fourth-order valence-electron chi connectivity index (χ4n) is 3.40. The number of halogens is 1. The number of nitrogens with zero attached hydrogens (tertiary/aromatic N) is 2. The van der Waals surface area contributed by atoms with E-state index in [2.05, 4.69) is 12.0 Å². The molecule has 0 saturated heterocycles. The second kappa shape index (κ2) is 5.84. The van der Waals surface area contributed by atoms with Crippen LogP contribution in [0, 0.1) is 18.3 Å². The highest BCUT2D eigenvalue weighted by Gasteiger charge is 2.35. The molecule has 4 heteroatoms. The van der Waals surface area contributed by atoms with Gasteiger partial charge in [-0.15, -0.1) is 0 Å². The van der Waals surface area contributed by atoms with Crippen molar-refractivity contribution in [2.24, 2.45) is 24.1 Å². The summed E-state index contributed by atoms with van der Waals surface area (Å²) in [6.07, 6.45) is 7.36. The minimum atomic E-state index is 0.239. The molecule has 3 nitrogen and oxygen atoms in total. The summed E-state index contributed by atoms with van der Waals surface area (Å²) in [6.45, 7) is 5.10. The number of aromatic nitrogens is 2. The average Bonchev–Trinajstić information content (AvgIpc) is 2.66. The Balaban J connectivity index is 2.15. The molecule has 0 aromatic carbocycles. The van der Waals surface area contributed by atoms with Gasteiger partial charge in [-0.3, -0.25) is 4.68 Å². The van der Waals surface area contributed by atoms with E-state index in [4.69, 9.17) is 17.3 Å². The van der Waals surface area contributed by atoms with Gasteiger partial charge in [-0.1, -0.05) is 24.9 Å². The van der Waals surface area contributed by atoms with Gasteiger partial charge in [0.05, 0.1) is 5.69 Å². The van der Waals surface area contributed by atoms with Gasteiger partial charge in [0.1, 0.15) is 5.15 Å². The fourth-order valence-corrected chi connectivity index (χ4v) is 3.64. The second-order valence-electron chi connectivity index (χ2n) is 6.21. The first kappa shape index (κ1) is 14.9. The first-order valence-electron chi connectivity index (χ1n) is 7.39. The van der Waals surface area contributed by atoms with Gasteiger partial charge in [0, 0.05) is 12.6 Å². The molecule has 108 valence electrons. The Bertz CT molecular complexity index is 431. The lowest BCUT2D eigenvalue weighted by molar-refractivity contribution is 0.153. The molecule has 0 radical (unpaired) electrons. The standard InChI is InChI=1S/C15H26ClN3/c1-4-12-5-7-15(10-17,8-6-12)9-13-11(2)18-19(3)14(13)16/h12H,4-10,17H2,1-3H3. The topological polar surface area (TPSA) is 43.8 Å². The maximum Gasteiger partial charge on any atom is 0.130 e. The SMILES string of the molecule is CCC1CCC(CN)(Cc2c(C)nn(C)c2Cl)CC1. The van der Waals surface area contributed by atoms with Crippen LogP contribution in [0.2, 0.25) is 5.15 Å². The van der Waals surface area contributed by atoms with E-state index in [9.17, 15) is 0 Å². The molecular weight excluding hydrogens is 258 g/mol. The normalized spacial score (nSPS) is 27.7. The Morgan fingerprint density at radius 1 is 1.42 bits per heavy atom. The van der Waals surface area contributed by atoms with E-state index < -0.39 is 0 Å². The van der Waals surface area contributed by atoms with E-state index in [0.29, 0.717) is 0 Å². The Kier molecular flexibility index (Phi) is 4.57. The fraction of sp³-hybridized carbons (Fsp3) is 0.800. The third kappa shape index (κ3) is 2.97. The lowest BCUT2D eigenvalue weighted by Gasteiger charge is -2.39. The molecule has 1 aliphatic rings. The molecule has 0 spiro atoms. The van der Waals surface area contributed by atoms with Crippen molar-refractivity contribution in [3.63, 3.8) is 0 Å². The van der Waals surface area contributed by atoms with Crippen molar-refractivity contribution in [2.45, 2.75) is 52.4 Å². The van der Waals surface area contributed by atoms with Crippen molar-refractivity contribution in [3.05, 3.63) is 16.4 Å². The molecule has 1 aromatic heterocycles. The molecule has 0 atom stereocenters. The Hall–Kier alpha value is -0.540. The molecule has 2 N–H and O–H groups in total. The Labute approximate surface area is 121 Å². The van der Waals surface area contributed by atoms with Crippen LogP contribution >= 0.6 is 11.6 Å². The Morgan fingerprint density at radius 2 is 2.05 bits per heavy atom. The minimum Gasteiger partial charge on any atom is -0.330 e. The molecule has 2 rings (SSSR count). The van der Waals surface area contributed by atoms with Crippen LogP contribution in [0.25, 0.3) is 0 Å². The van der Waals surface area contributed by atoms with E-state index in [-0.39, 0.29) is 5.41 Å². The number of rotatable bonds is 4. The zero-order valence-electron chi connectivity index (χ0n) is 12.4. The van der Waals surface area contributed by atoms with E-state index in [1.807, 2.05) is 14.0 Å². The zero-order valence-corrected chi connectivity index (χ0v) is 13.1. The van der Waals surface area contributed by atoms with Crippen LogP contribution in [0.4, 0.5) is 0 Å². The van der Waals surface area contributed by atoms with Gasteiger partial charge in [0.25, 0.3) is 0 Å². The quantitative estimate of drug-likeness (QED) is 0.919. The highest BCUT2D eigenvalue weighted by molar-refractivity contribution is 6.30. The maximum absolute atomic E-state index is 6.37. The van der Waals surface area contributed by atoms with Gasteiger partial charge in [0.2, 0.25) is 0 Å². The van der Waals surface area contributed by atoms with Crippen molar-refractivity contribution in [1.82, 2.24) is 9.78 Å². The van der Waals surface area contributed by atoms with Crippen molar-refractivity contribution in [3.8, 4) is 0 Å². The van der Waals surface area contributed by atoms with Gasteiger partial charge in [-0.2, -0.15) is 5.10 Å². The summed E-state index contributed by atoms with van der Waals surface area (Å²) in [4.78, 5) is 0. The lowest BCUT2D eigenvalue weighted by Crippen LogP contribution is -2.37. The summed E-state index contributed by atoms with van der Waals surface area (Å²) < 4.78 is 1.77. The summed E-state index contributed by atoms with van der Waals surface area (Å²) in [5, 5.41) is 5.20. The van der Waals surface area contributed by atoms with Crippen LogP contribution in [-0.2, 0) is 13.5 Å². The van der Waals surface area contributed by atoms with Crippen LogP contribution in [0.15, 0.2) is 0 Å². The molecule has 1 fully saturated rings. The minimum absolute atomic E-state index is 0.239. The first-order chi connectivity index (χ1) is 9.01. The highest BCUT2D eigenvalue weighted by Crippen LogP contribution is 2.43. The smallest absolute Gasteiger partial charge is 0.130 e. The molecular formula is C15H26ClN3. The van der Waals surface area contributed by atoms with E-state index in [0.717, 1.165) is 29.7 Å². The molecule has 0 aliphatic heterocycles. The summed E-state index contributed by atoms with van der Waals surface area (Å²) in [5.41, 5.74) is 8.60. The number of hydrogen-bond donors (Lipinski definition) is 1. The van der Waals surface area contributed by atoms with Gasteiger partial charge in [0.15, 0.2) is 0 Å². The van der Waals surface area contributed by atoms with Crippen LogP contribution in [0.5, 0.6) is 0 Å². The maximum atomic E-state index is 6.37. The first-order valence-corrected chi connectivity index (χ1v) is 7.77. The summed E-state index contributed by atoms with van der Waals surface area (Å²) >= 11 is 6.37. The number of aryl methyl sites for hydroxylation is 2. The molecule has 1 heterocycles. The molecule has 1 saturated carbocycles. The Morgan fingerprint density at radius 3 is 2.47 bits per heavy atom. The zero-order chi connectivity index (χ0) is 14.0. The van der Waals surface area contributed by atoms with Gasteiger partial charge < -0.3 is 5.73 Å². The van der Waals surface area contributed by atoms with Crippen molar-refractivity contribution >= 4 is 11.6 Å². The van der Waals surface area contributed by atoms with Crippen molar-refractivity contribution in [1.29, 1.82) is 0 Å². The molecule has 1 aliphatic carbocycles. The molecule has 0 bridgehead atoms. The summed E-state index contributed by atoms with van der Waals surface area (Å²) in [5.74, 6) is 0.894. The monoisotopic (exact) mass is 283 g/mol. The van der Waals surface area contributed by atoms with Crippen molar-refractivity contribution in [2.75, 3.05) is 6.54 Å². The molecule has 0 unspecified atom stereocenters. The van der Waals surface area contributed by atoms with Crippen LogP contribution in [0.3, 0.4) is 0 Å². The summed E-state index contributed by atoms with van der Waals surface area (Å²) in [6, 6.07) is 0. The summed E-state index contributed by atoms with van der Waals surface area (Å²) in [7, 11) is 1.90. The third-order valence-electron chi connectivity index (χ3n) is 5.00. The van der Waals surface area contributed by atoms with Gasteiger partial charge in [-0.05, 0) is 56.9 Å². The number of nitrogens with two attached hydrogens (primary N) is 1. The predicted molar refractivity (Wildman–Crippen MR) is 80.4 cm³/mol. The largest absolute Gasteiger partial charge is 0.330 e. The molecule has 1 aromatic rings. The lowest BCUT2D eigenvalue weighted by atomic mass is 9.67. The predicted octanol–water partition coefficient (Wildman–Crippen LogP) is 3.47. The highest BCUT2D eigenvalue weighted by atomic mass is 35.5. The van der Waals surface area contributed by atoms with E-state index >= 15 is 0 Å². The third-order valence-corrected chi connectivity index (χ3v) is 5.47. The molecule has 0 amide bonds. The van der Waals surface area contributed by atoms with E-state index in [1.54, 1.807) is 4.68 Å².